The average molecular weight is 404 g/mol. The molecule has 0 atom stereocenters. The topological polar surface area (TPSA) is 53.5 Å². The highest BCUT2D eigenvalue weighted by molar-refractivity contribution is 6.31. The maximum absolute atomic E-state index is 12.3. The zero-order valence-electron chi connectivity index (χ0n) is 16.1. The van der Waals surface area contributed by atoms with Crippen LogP contribution >= 0.6 is 11.6 Å². The van der Waals surface area contributed by atoms with E-state index in [1.54, 1.807) is 0 Å². The van der Waals surface area contributed by atoms with Gasteiger partial charge in [0.05, 0.1) is 12.3 Å². The van der Waals surface area contributed by atoms with E-state index < -0.39 is 0 Å². The fourth-order valence-electron chi connectivity index (χ4n) is 2.68. The van der Waals surface area contributed by atoms with Gasteiger partial charge in [-0.1, -0.05) is 84.4 Å². The molecule has 5 heteroatoms. The van der Waals surface area contributed by atoms with E-state index in [1.165, 1.54) is 0 Å². The van der Waals surface area contributed by atoms with Crippen LogP contribution in [0.4, 0.5) is 5.69 Å². The molecule has 0 heterocycles. The van der Waals surface area contributed by atoms with Crippen molar-refractivity contribution in [2.45, 2.75) is 6.92 Å². The molecule has 0 radical (unpaired) electrons. The Labute approximate surface area is 175 Å². The van der Waals surface area contributed by atoms with Crippen LogP contribution in [0.1, 0.15) is 16.7 Å². The molecule has 3 aromatic rings. The molecule has 29 heavy (non-hydrogen) atoms. The second-order valence-electron chi connectivity index (χ2n) is 6.41. The second-order valence-corrected chi connectivity index (χ2v) is 6.82. The molecular formula is C24H22ClN3O. The largest absolute Gasteiger partial charge is 0.376 e. The standard InChI is InChI=1S/C24H22ClN3O/c1-18-21(25)13-8-14-22(18)26-17-24(29)28-27-23(20-11-6-3-7-12-20)16-15-19-9-4-2-5-10-19/h2-16,26H,17H2,1H3,(H,28,29). The summed E-state index contributed by atoms with van der Waals surface area (Å²) in [5.74, 6) is -0.245. The Hall–Kier alpha value is -3.37. The van der Waals surface area contributed by atoms with Crippen molar-refractivity contribution in [2.24, 2.45) is 5.10 Å². The summed E-state index contributed by atoms with van der Waals surface area (Å²) < 4.78 is 0. The number of nitrogens with one attached hydrogen (secondary N) is 2. The average Bonchev–Trinajstić information content (AvgIpc) is 2.76. The molecule has 0 saturated carbocycles. The predicted molar refractivity (Wildman–Crippen MR) is 121 cm³/mol. The quantitative estimate of drug-likeness (QED) is 0.415. The number of nitrogens with zero attached hydrogens (tertiary/aromatic N) is 1. The summed E-state index contributed by atoms with van der Waals surface area (Å²) in [7, 11) is 0. The number of amides is 1. The van der Waals surface area contributed by atoms with Crippen molar-refractivity contribution in [1.29, 1.82) is 0 Å². The van der Waals surface area contributed by atoms with Gasteiger partial charge in [0.25, 0.3) is 5.91 Å². The number of rotatable bonds is 7. The highest BCUT2D eigenvalue weighted by atomic mass is 35.5. The zero-order valence-corrected chi connectivity index (χ0v) is 16.9. The summed E-state index contributed by atoms with van der Waals surface area (Å²) in [6.45, 7) is 2.00. The van der Waals surface area contributed by atoms with Gasteiger partial charge in [0.2, 0.25) is 0 Å². The van der Waals surface area contributed by atoms with Crippen molar-refractivity contribution in [3.8, 4) is 0 Å². The Kier molecular flexibility index (Phi) is 7.20. The highest BCUT2D eigenvalue weighted by Crippen LogP contribution is 2.22. The van der Waals surface area contributed by atoms with Gasteiger partial charge in [-0.2, -0.15) is 5.10 Å². The van der Waals surface area contributed by atoms with Crippen LogP contribution in [0.25, 0.3) is 6.08 Å². The first-order valence-electron chi connectivity index (χ1n) is 9.27. The molecule has 0 unspecified atom stereocenters. The number of hydrogen-bond acceptors (Lipinski definition) is 3. The van der Waals surface area contributed by atoms with E-state index in [0.29, 0.717) is 10.7 Å². The molecule has 0 saturated heterocycles. The predicted octanol–water partition coefficient (Wildman–Crippen LogP) is 5.29. The maximum Gasteiger partial charge on any atom is 0.259 e. The second kappa shape index (κ2) is 10.2. The van der Waals surface area contributed by atoms with Crippen molar-refractivity contribution in [2.75, 3.05) is 11.9 Å². The summed E-state index contributed by atoms with van der Waals surface area (Å²) in [6.07, 6.45) is 3.85. The van der Waals surface area contributed by atoms with Gasteiger partial charge in [0.15, 0.2) is 0 Å². The minimum absolute atomic E-state index is 0.0924. The molecule has 4 nitrogen and oxygen atoms in total. The van der Waals surface area contributed by atoms with E-state index in [4.69, 9.17) is 11.6 Å². The number of carbonyl (C=O) groups is 1. The third-order valence-corrected chi connectivity index (χ3v) is 4.72. The van der Waals surface area contributed by atoms with Gasteiger partial charge in [-0.25, -0.2) is 5.43 Å². The van der Waals surface area contributed by atoms with Crippen molar-refractivity contribution in [3.63, 3.8) is 0 Å². The molecule has 0 spiro atoms. The third-order valence-electron chi connectivity index (χ3n) is 4.31. The lowest BCUT2D eigenvalue weighted by molar-refractivity contribution is -0.119. The van der Waals surface area contributed by atoms with E-state index in [0.717, 1.165) is 22.4 Å². The number of hydrazone groups is 1. The van der Waals surface area contributed by atoms with Crippen LogP contribution < -0.4 is 10.7 Å². The van der Waals surface area contributed by atoms with Gasteiger partial charge < -0.3 is 5.32 Å². The molecule has 0 bridgehead atoms. The van der Waals surface area contributed by atoms with Crippen molar-refractivity contribution >= 4 is 35.0 Å². The number of anilines is 1. The lowest BCUT2D eigenvalue weighted by Crippen LogP contribution is -2.27. The van der Waals surface area contributed by atoms with E-state index in [9.17, 15) is 4.79 Å². The van der Waals surface area contributed by atoms with Crippen molar-refractivity contribution < 1.29 is 4.79 Å². The fourth-order valence-corrected chi connectivity index (χ4v) is 2.86. The number of allylic oxidation sites excluding steroid dienone is 1. The first-order chi connectivity index (χ1) is 14.1. The van der Waals surface area contributed by atoms with Crippen molar-refractivity contribution in [1.82, 2.24) is 5.43 Å². The molecular weight excluding hydrogens is 382 g/mol. The number of carbonyl (C=O) groups excluding carboxylic acids is 1. The maximum atomic E-state index is 12.3. The smallest absolute Gasteiger partial charge is 0.259 e. The molecule has 0 aliphatic carbocycles. The van der Waals surface area contributed by atoms with Crippen LogP contribution in [0.5, 0.6) is 0 Å². The molecule has 0 fully saturated rings. The number of benzene rings is 3. The Balaban J connectivity index is 1.69. The molecule has 0 aromatic heterocycles. The summed E-state index contributed by atoms with van der Waals surface area (Å²) in [4.78, 5) is 12.3. The zero-order chi connectivity index (χ0) is 20.5. The van der Waals surface area contributed by atoms with Gasteiger partial charge in [-0.15, -0.1) is 0 Å². The van der Waals surface area contributed by atoms with Crippen LogP contribution in [-0.2, 0) is 4.79 Å². The van der Waals surface area contributed by atoms with Gasteiger partial charge in [-0.3, -0.25) is 4.79 Å². The lowest BCUT2D eigenvalue weighted by atomic mass is 10.1. The minimum Gasteiger partial charge on any atom is -0.376 e. The van der Waals surface area contributed by atoms with Gasteiger partial charge >= 0.3 is 0 Å². The molecule has 3 rings (SSSR count). The first-order valence-corrected chi connectivity index (χ1v) is 9.65. The first kappa shape index (κ1) is 20.4. The van der Waals surface area contributed by atoms with E-state index in [-0.39, 0.29) is 12.5 Å². The molecule has 0 aliphatic rings. The monoisotopic (exact) mass is 403 g/mol. The third kappa shape index (κ3) is 6.06. The summed E-state index contributed by atoms with van der Waals surface area (Å²) >= 11 is 6.11. The molecule has 146 valence electrons. The lowest BCUT2D eigenvalue weighted by Gasteiger charge is -2.10. The molecule has 1 amide bonds. The normalized spacial score (nSPS) is 11.4. The van der Waals surface area contributed by atoms with Crippen LogP contribution in [0, 0.1) is 6.92 Å². The Bertz CT molecular complexity index is 1010. The molecule has 2 N–H and O–H groups in total. The van der Waals surface area contributed by atoms with E-state index in [2.05, 4.69) is 15.8 Å². The van der Waals surface area contributed by atoms with E-state index >= 15 is 0 Å². The minimum atomic E-state index is -0.245. The number of hydrogen-bond donors (Lipinski definition) is 2. The number of halogens is 1. The van der Waals surface area contributed by atoms with Crippen molar-refractivity contribution in [3.05, 3.63) is 107 Å². The summed E-state index contributed by atoms with van der Waals surface area (Å²) in [5.41, 5.74) is 6.99. The molecule has 0 aliphatic heterocycles. The van der Waals surface area contributed by atoms with Crippen LogP contribution in [0.3, 0.4) is 0 Å². The Morgan fingerprint density at radius 2 is 1.66 bits per heavy atom. The summed E-state index contributed by atoms with van der Waals surface area (Å²) in [6, 6.07) is 25.2. The molecule has 3 aromatic carbocycles. The van der Waals surface area contributed by atoms with E-state index in [1.807, 2.05) is 97.9 Å². The SMILES string of the molecule is Cc1c(Cl)cccc1NCC(=O)NN=C(C=Cc1ccccc1)c1ccccc1. The Morgan fingerprint density at radius 3 is 2.38 bits per heavy atom. The van der Waals surface area contributed by atoms with Crippen LogP contribution in [0.15, 0.2) is 90.0 Å². The van der Waals surface area contributed by atoms with Gasteiger partial charge in [0, 0.05) is 16.3 Å². The summed E-state index contributed by atoms with van der Waals surface area (Å²) in [5, 5.41) is 8.07. The van der Waals surface area contributed by atoms with Crippen LogP contribution in [-0.4, -0.2) is 18.2 Å². The van der Waals surface area contributed by atoms with Gasteiger partial charge in [0.1, 0.15) is 0 Å². The Morgan fingerprint density at radius 1 is 0.966 bits per heavy atom. The fraction of sp³-hybridized carbons (Fsp3) is 0.0833. The van der Waals surface area contributed by atoms with Crippen LogP contribution in [0.2, 0.25) is 5.02 Å². The van der Waals surface area contributed by atoms with Gasteiger partial charge in [-0.05, 0) is 36.3 Å². The highest BCUT2D eigenvalue weighted by Gasteiger charge is 2.06.